The standard InChI is InChI=1S/C31H42N6O2/c1-22-4-3-5-26(33-22)30(38)34-28-18-24-21-37(35-27(24)19-29(28)39-2)25-8-6-23(7-9-25)20-36-16-12-31(13-17-36)10-14-32-15-11-31/h3-5,18-19,21,23,25,32H,6-17,20H2,1-2H3,(H,34,38). The number of likely N-dealkylation sites (tertiary alicyclic amines) is 1. The number of pyridine rings is 1. The molecule has 1 aliphatic carbocycles. The fourth-order valence-electron chi connectivity index (χ4n) is 7.01. The maximum atomic E-state index is 12.8. The molecule has 0 radical (unpaired) electrons. The molecule has 4 heterocycles. The number of nitrogens with zero attached hydrogens (tertiary/aromatic N) is 4. The van der Waals surface area contributed by atoms with Crippen LogP contribution in [0.15, 0.2) is 36.5 Å². The van der Waals surface area contributed by atoms with Crippen LogP contribution in [0.3, 0.4) is 0 Å². The normalized spacial score (nSPS) is 23.6. The second-order valence-corrected chi connectivity index (χ2v) is 12.1. The first-order valence-electron chi connectivity index (χ1n) is 14.8. The number of amides is 1. The van der Waals surface area contributed by atoms with E-state index >= 15 is 0 Å². The monoisotopic (exact) mass is 530 g/mol. The number of rotatable bonds is 6. The van der Waals surface area contributed by atoms with E-state index < -0.39 is 0 Å². The number of carbonyl (C=O) groups is 1. The number of hydrogen-bond donors (Lipinski definition) is 2. The summed E-state index contributed by atoms with van der Waals surface area (Å²) >= 11 is 0. The van der Waals surface area contributed by atoms with Crippen LogP contribution in [0.4, 0.5) is 5.69 Å². The minimum atomic E-state index is -0.248. The van der Waals surface area contributed by atoms with Crippen molar-refractivity contribution >= 4 is 22.5 Å². The van der Waals surface area contributed by atoms with Crippen molar-refractivity contribution in [3.8, 4) is 5.75 Å². The van der Waals surface area contributed by atoms with E-state index in [1.807, 2.05) is 31.2 Å². The Bertz CT molecular complexity index is 1300. The number of benzene rings is 1. The zero-order chi connectivity index (χ0) is 26.8. The van der Waals surface area contributed by atoms with Crippen LogP contribution < -0.4 is 15.4 Å². The number of fused-ring (bicyclic) bond motifs is 1. The fraction of sp³-hybridized carbons (Fsp3) is 0.581. The minimum Gasteiger partial charge on any atom is -0.494 e. The quantitative estimate of drug-likeness (QED) is 0.456. The van der Waals surface area contributed by atoms with Crippen molar-refractivity contribution in [2.75, 3.05) is 45.2 Å². The van der Waals surface area contributed by atoms with Gasteiger partial charge in [-0.1, -0.05) is 6.07 Å². The van der Waals surface area contributed by atoms with Crippen LogP contribution >= 0.6 is 0 Å². The molecule has 0 unspecified atom stereocenters. The zero-order valence-corrected chi connectivity index (χ0v) is 23.4. The van der Waals surface area contributed by atoms with E-state index in [0.717, 1.165) is 22.5 Å². The lowest BCUT2D eigenvalue weighted by Crippen LogP contribution is -2.46. The first-order valence-corrected chi connectivity index (χ1v) is 14.8. The number of ether oxygens (including phenoxy) is 1. The summed E-state index contributed by atoms with van der Waals surface area (Å²) in [7, 11) is 1.62. The van der Waals surface area contributed by atoms with Crippen molar-refractivity contribution in [1.82, 2.24) is 25.0 Å². The summed E-state index contributed by atoms with van der Waals surface area (Å²) in [6, 6.07) is 9.74. The zero-order valence-electron chi connectivity index (χ0n) is 23.4. The second kappa shape index (κ2) is 11.3. The van der Waals surface area contributed by atoms with Crippen molar-refractivity contribution in [2.45, 2.75) is 64.3 Å². The van der Waals surface area contributed by atoms with Gasteiger partial charge in [-0.15, -0.1) is 0 Å². The van der Waals surface area contributed by atoms with Crippen molar-refractivity contribution in [3.63, 3.8) is 0 Å². The lowest BCUT2D eigenvalue weighted by atomic mass is 9.71. The van der Waals surface area contributed by atoms with Crippen molar-refractivity contribution in [3.05, 3.63) is 47.9 Å². The number of methoxy groups -OCH3 is 1. The fourth-order valence-corrected chi connectivity index (χ4v) is 7.01. The smallest absolute Gasteiger partial charge is 0.274 e. The molecule has 2 saturated heterocycles. The van der Waals surface area contributed by atoms with Gasteiger partial charge in [0.05, 0.1) is 24.4 Å². The number of carbonyl (C=O) groups excluding carboxylic acids is 1. The maximum Gasteiger partial charge on any atom is 0.274 e. The molecule has 2 aliphatic heterocycles. The molecule has 3 aliphatic rings. The van der Waals surface area contributed by atoms with Gasteiger partial charge in [-0.2, -0.15) is 5.10 Å². The van der Waals surface area contributed by atoms with Gasteiger partial charge in [-0.25, -0.2) is 4.98 Å². The van der Waals surface area contributed by atoms with Crippen molar-refractivity contribution < 1.29 is 9.53 Å². The molecule has 8 nitrogen and oxygen atoms in total. The highest BCUT2D eigenvalue weighted by Crippen LogP contribution is 2.41. The Balaban J connectivity index is 1.06. The first kappa shape index (κ1) is 26.3. The number of piperidine rings is 2. The molecule has 6 rings (SSSR count). The summed E-state index contributed by atoms with van der Waals surface area (Å²) < 4.78 is 7.75. The highest BCUT2D eigenvalue weighted by atomic mass is 16.5. The Morgan fingerprint density at radius 3 is 2.59 bits per heavy atom. The summed E-state index contributed by atoms with van der Waals surface area (Å²) in [4.78, 5) is 19.9. The average Bonchev–Trinajstić information content (AvgIpc) is 3.38. The van der Waals surface area contributed by atoms with Crippen LogP contribution in [0.2, 0.25) is 0 Å². The maximum absolute atomic E-state index is 12.8. The topological polar surface area (TPSA) is 84.3 Å². The largest absolute Gasteiger partial charge is 0.494 e. The lowest BCUT2D eigenvalue weighted by molar-refractivity contribution is 0.0592. The molecule has 2 aromatic heterocycles. The molecular weight excluding hydrogens is 488 g/mol. The molecule has 3 fully saturated rings. The van der Waals surface area contributed by atoms with E-state index in [2.05, 4.69) is 31.4 Å². The third-order valence-corrected chi connectivity index (χ3v) is 9.50. The van der Waals surface area contributed by atoms with Gasteiger partial charge in [0.2, 0.25) is 0 Å². The van der Waals surface area contributed by atoms with E-state index in [9.17, 15) is 4.79 Å². The first-order chi connectivity index (χ1) is 19.0. The predicted octanol–water partition coefficient (Wildman–Crippen LogP) is 5.20. The molecule has 1 saturated carbocycles. The predicted molar refractivity (Wildman–Crippen MR) is 154 cm³/mol. The van der Waals surface area contributed by atoms with Gasteiger partial charge in [-0.3, -0.25) is 9.48 Å². The van der Waals surface area contributed by atoms with Crippen LogP contribution in [0.5, 0.6) is 5.75 Å². The molecule has 0 atom stereocenters. The molecule has 3 aromatic rings. The van der Waals surface area contributed by atoms with Crippen LogP contribution in [-0.2, 0) is 0 Å². The highest BCUT2D eigenvalue weighted by molar-refractivity contribution is 6.05. The molecule has 1 aromatic carbocycles. The Labute approximate surface area is 231 Å². The Morgan fingerprint density at radius 2 is 1.87 bits per heavy atom. The van der Waals surface area contributed by atoms with Gasteiger partial charge >= 0.3 is 0 Å². The summed E-state index contributed by atoms with van der Waals surface area (Å²) in [5.41, 5.74) is 3.35. The van der Waals surface area contributed by atoms with Gasteiger partial charge in [0, 0.05) is 29.9 Å². The number of nitrogens with one attached hydrogen (secondary N) is 2. The molecule has 8 heteroatoms. The SMILES string of the molecule is COc1cc2nn(C3CCC(CN4CCC5(CCNCC5)CC4)CC3)cc2cc1NC(=O)c1cccc(C)n1. The molecule has 39 heavy (non-hydrogen) atoms. The molecule has 208 valence electrons. The van der Waals surface area contributed by atoms with E-state index in [0.29, 0.717) is 28.6 Å². The Morgan fingerprint density at radius 1 is 1.10 bits per heavy atom. The van der Waals surface area contributed by atoms with E-state index in [1.54, 1.807) is 13.2 Å². The summed E-state index contributed by atoms with van der Waals surface area (Å²) in [6.45, 7) is 8.12. The third-order valence-electron chi connectivity index (χ3n) is 9.50. The van der Waals surface area contributed by atoms with E-state index in [1.165, 1.54) is 84.1 Å². The molecule has 0 bridgehead atoms. The summed E-state index contributed by atoms with van der Waals surface area (Å²) in [5.74, 6) is 1.15. The molecule has 1 amide bonds. The number of anilines is 1. The van der Waals surface area contributed by atoms with E-state index in [-0.39, 0.29) is 5.91 Å². The number of aryl methyl sites for hydroxylation is 1. The number of aromatic nitrogens is 3. The minimum absolute atomic E-state index is 0.248. The molecule has 1 spiro atoms. The highest BCUT2D eigenvalue weighted by Gasteiger charge is 2.36. The lowest BCUT2D eigenvalue weighted by Gasteiger charge is -2.45. The summed E-state index contributed by atoms with van der Waals surface area (Å²) in [6.07, 6.45) is 12.5. The van der Waals surface area contributed by atoms with Gasteiger partial charge in [0.15, 0.2) is 0 Å². The van der Waals surface area contributed by atoms with Crippen LogP contribution in [0, 0.1) is 18.3 Å². The van der Waals surface area contributed by atoms with Gasteiger partial charge < -0.3 is 20.3 Å². The average molecular weight is 531 g/mol. The summed E-state index contributed by atoms with van der Waals surface area (Å²) in [5, 5.41) is 12.4. The Hall–Kier alpha value is -2.97. The molecular formula is C31H42N6O2. The number of hydrogen-bond acceptors (Lipinski definition) is 6. The van der Waals surface area contributed by atoms with Crippen LogP contribution in [0.25, 0.3) is 10.9 Å². The second-order valence-electron chi connectivity index (χ2n) is 12.1. The van der Waals surface area contributed by atoms with Gasteiger partial charge in [-0.05, 0) is 114 Å². The van der Waals surface area contributed by atoms with Crippen molar-refractivity contribution in [2.24, 2.45) is 11.3 Å². The Kier molecular flexibility index (Phi) is 7.58. The molecule has 2 N–H and O–H groups in total. The van der Waals surface area contributed by atoms with Crippen LogP contribution in [0.1, 0.15) is 73.6 Å². The third kappa shape index (κ3) is 5.82. The van der Waals surface area contributed by atoms with Gasteiger partial charge in [0.25, 0.3) is 5.91 Å². The van der Waals surface area contributed by atoms with Gasteiger partial charge in [0.1, 0.15) is 11.4 Å². The van der Waals surface area contributed by atoms with E-state index in [4.69, 9.17) is 9.84 Å². The van der Waals surface area contributed by atoms with Crippen LogP contribution in [-0.4, -0.2) is 65.4 Å². The van der Waals surface area contributed by atoms with Crippen molar-refractivity contribution in [1.29, 1.82) is 0 Å².